The van der Waals surface area contributed by atoms with Crippen LogP contribution >= 0.6 is 0 Å². The van der Waals surface area contributed by atoms with Crippen LogP contribution in [-0.4, -0.2) is 28.5 Å². The topological polar surface area (TPSA) is 62.7 Å². The maximum Gasteiger partial charge on any atom is 0.144 e. The Morgan fingerprint density at radius 3 is 2.72 bits per heavy atom. The third-order valence-electron chi connectivity index (χ3n) is 2.51. The average molecular weight is 243 g/mol. The zero-order chi connectivity index (χ0) is 12.6. The van der Waals surface area contributed by atoms with Crippen LogP contribution in [0.15, 0.2) is 36.8 Å². The van der Waals surface area contributed by atoms with Gasteiger partial charge in [-0.05, 0) is 37.2 Å². The smallest absolute Gasteiger partial charge is 0.144 e. The van der Waals surface area contributed by atoms with Crippen LogP contribution in [0.25, 0.3) is 0 Å². The lowest BCUT2D eigenvalue weighted by molar-refractivity contribution is 0.758. The standard InChI is InChI=1S/C13H17N5/c1-14-10-13-17-9-5-12(18-13)16-8-4-11-2-6-15-7-3-11/h2-3,5-7,9,14H,4,8,10H2,1H3,(H,16,17,18). The van der Waals surface area contributed by atoms with Crippen molar-refractivity contribution in [1.29, 1.82) is 0 Å². The summed E-state index contributed by atoms with van der Waals surface area (Å²) in [6, 6.07) is 5.92. The molecule has 0 aliphatic carbocycles. The molecule has 0 aliphatic heterocycles. The van der Waals surface area contributed by atoms with Crippen molar-refractivity contribution >= 4 is 5.82 Å². The molecule has 0 bridgehead atoms. The predicted octanol–water partition coefficient (Wildman–Crippen LogP) is 1.25. The molecule has 0 spiro atoms. The van der Waals surface area contributed by atoms with E-state index in [0.29, 0.717) is 6.54 Å². The summed E-state index contributed by atoms with van der Waals surface area (Å²) in [5.74, 6) is 1.66. The fourth-order valence-corrected chi connectivity index (χ4v) is 1.63. The van der Waals surface area contributed by atoms with Crippen LogP contribution in [0.1, 0.15) is 11.4 Å². The van der Waals surface area contributed by atoms with Crippen LogP contribution < -0.4 is 10.6 Å². The highest BCUT2D eigenvalue weighted by Gasteiger charge is 1.98. The Hall–Kier alpha value is -2.01. The van der Waals surface area contributed by atoms with E-state index in [1.165, 1.54) is 5.56 Å². The van der Waals surface area contributed by atoms with Crippen molar-refractivity contribution < 1.29 is 0 Å². The fourth-order valence-electron chi connectivity index (χ4n) is 1.63. The van der Waals surface area contributed by atoms with E-state index in [-0.39, 0.29) is 0 Å². The van der Waals surface area contributed by atoms with Crippen LogP contribution in [0, 0.1) is 0 Å². The van der Waals surface area contributed by atoms with Crippen LogP contribution in [0.3, 0.4) is 0 Å². The predicted molar refractivity (Wildman–Crippen MR) is 71.2 cm³/mol. The monoisotopic (exact) mass is 243 g/mol. The molecule has 0 atom stereocenters. The van der Waals surface area contributed by atoms with Crippen molar-refractivity contribution in [2.75, 3.05) is 18.9 Å². The summed E-state index contributed by atoms with van der Waals surface area (Å²) in [7, 11) is 1.88. The lowest BCUT2D eigenvalue weighted by Crippen LogP contribution is -2.11. The molecule has 0 amide bonds. The zero-order valence-electron chi connectivity index (χ0n) is 10.4. The SMILES string of the molecule is CNCc1nccc(NCCc2ccncc2)n1. The molecule has 2 N–H and O–H groups in total. The summed E-state index contributed by atoms with van der Waals surface area (Å²) in [6.07, 6.45) is 6.35. The summed E-state index contributed by atoms with van der Waals surface area (Å²) in [5, 5.41) is 6.33. The first-order chi connectivity index (χ1) is 8.88. The lowest BCUT2D eigenvalue weighted by atomic mass is 10.2. The van der Waals surface area contributed by atoms with Gasteiger partial charge in [0.05, 0.1) is 6.54 Å². The number of pyridine rings is 1. The number of hydrogen-bond acceptors (Lipinski definition) is 5. The molecule has 5 nitrogen and oxygen atoms in total. The van der Waals surface area contributed by atoms with Crippen LogP contribution in [-0.2, 0) is 13.0 Å². The van der Waals surface area contributed by atoms with Crippen LogP contribution in [0.2, 0.25) is 0 Å². The normalized spacial score (nSPS) is 10.3. The Kier molecular flexibility index (Phi) is 4.60. The molecule has 0 unspecified atom stereocenters. The van der Waals surface area contributed by atoms with Gasteiger partial charge in [0.15, 0.2) is 0 Å². The largest absolute Gasteiger partial charge is 0.370 e. The Bertz CT molecular complexity index is 472. The first-order valence-corrected chi connectivity index (χ1v) is 5.98. The van der Waals surface area contributed by atoms with Gasteiger partial charge in [-0.2, -0.15) is 0 Å². The van der Waals surface area contributed by atoms with Crippen molar-refractivity contribution in [3.8, 4) is 0 Å². The van der Waals surface area contributed by atoms with Gasteiger partial charge in [-0.25, -0.2) is 9.97 Å². The number of nitrogens with zero attached hydrogens (tertiary/aromatic N) is 3. The molecule has 2 aromatic rings. The van der Waals surface area contributed by atoms with E-state index < -0.39 is 0 Å². The summed E-state index contributed by atoms with van der Waals surface area (Å²) in [4.78, 5) is 12.6. The molecule has 0 aromatic carbocycles. The quantitative estimate of drug-likeness (QED) is 0.799. The van der Waals surface area contributed by atoms with Crippen LogP contribution in [0.5, 0.6) is 0 Å². The molecule has 18 heavy (non-hydrogen) atoms. The highest BCUT2D eigenvalue weighted by atomic mass is 15.0. The van der Waals surface area contributed by atoms with E-state index in [9.17, 15) is 0 Å². The maximum absolute atomic E-state index is 4.40. The van der Waals surface area contributed by atoms with E-state index >= 15 is 0 Å². The van der Waals surface area contributed by atoms with Crippen molar-refractivity contribution in [3.05, 3.63) is 48.2 Å². The van der Waals surface area contributed by atoms with Gasteiger partial charge in [-0.15, -0.1) is 0 Å². The molecule has 0 aliphatic rings. The number of nitrogens with one attached hydrogen (secondary N) is 2. The van der Waals surface area contributed by atoms with Gasteiger partial charge in [0.25, 0.3) is 0 Å². The van der Waals surface area contributed by atoms with E-state index in [4.69, 9.17) is 0 Å². The second-order valence-corrected chi connectivity index (χ2v) is 3.92. The molecule has 0 saturated carbocycles. The molecule has 2 aromatic heterocycles. The van der Waals surface area contributed by atoms with E-state index in [2.05, 4.69) is 25.6 Å². The summed E-state index contributed by atoms with van der Waals surface area (Å²) in [5.41, 5.74) is 1.27. The minimum atomic E-state index is 0.680. The van der Waals surface area contributed by atoms with Gasteiger partial charge in [0, 0.05) is 25.1 Å². The Labute approximate surface area is 107 Å². The number of anilines is 1. The molecule has 0 saturated heterocycles. The summed E-state index contributed by atoms with van der Waals surface area (Å²) in [6.45, 7) is 1.53. The number of rotatable bonds is 6. The molecule has 0 radical (unpaired) electrons. The maximum atomic E-state index is 4.40. The van der Waals surface area contributed by atoms with Gasteiger partial charge in [0.1, 0.15) is 11.6 Å². The van der Waals surface area contributed by atoms with Gasteiger partial charge < -0.3 is 10.6 Å². The Morgan fingerprint density at radius 2 is 1.94 bits per heavy atom. The highest BCUT2D eigenvalue weighted by Crippen LogP contribution is 2.03. The number of hydrogen-bond donors (Lipinski definition) is 2. The van der Waals surface area contributed by atoms with Crippen molar-refractivity contribution in [1.82, 2.24) is 20.3 Å². The van der Waals surface area contributed by atoms with Gasteiger partial charge in [-0.3, -0.25) is 4.98 Å². The Morgan fingerprint density at radius 1 is 1.11 bits per heavy atom. The van der Waals surface area contributed by atoms with Gasteiger partial charge >= 0.3 is 0 Å². The third-order valence-corrected chi connectivity index (χ3v) is 2.51. The Balaban J connectivity index is 1.84. The van der Waals surface area contributed by atoms with Gasteiger partial charge in [0.2, 0.25) is 0 Å². The first kappa shape index (κ1) is 12.4. The van der Waals surface area contributed by atoms with Crippen molar-refractivity contribution in [2.45, 2.75) is 13.0 Å². The third kappa shape index (κ3) is 3.78. The fraction of sp³-hybridized carbons (Fsp3) is 0.308. The first-order valence-electron chi connectivity index (χ1n) is 5.98. The molecule has 5 heteroatoms. The lowest BCUT2D eigenvalue weighted by Gasteiger charge is -2.06. The summed E-state index contributed by atoms with van der Waals surface area (Å²) < 4.78 is 0. The second kappa shape index (κ2) is 6.66. The average Bonchev–Trinajstić information content (AvgIpc) is 2.41. The molecule has 0 fully saturated rings. The molecule has 2 heterocycles. The highest BCUT2D eigenvalue weighted by molar-refractivity contribution is 5.33. The van der Waals surface area contributed by atoms with E-state index in [1.54, 1.807) is 6.20 Å². The number of aromatic nitrogens is 3. The molecular formula is C13H17N5. The van der Waals surface area contributed by atoms with E-state index in [1.807, 2.05) is 37.6 Å². The summed E-state index contributed by atoms with van der Waals surface area (Å²) >= 11 is 0. The minimum absolute atomic E-state index is 0.680. The molecule has 2 rings (SSSR count). The minimum Gasteiger partial charge on any atom is -0.370 e. The van der Waals surface area contributed by atoms with Crippen LogP contribution in [0.4, 0.5) is 5.82 Å². The zero-order valence-corrected chi connectivity index (χ0v) is 10.4. The second-order valence-electron chi connectivity index (χ2n) is 3.92. The molecular weight excluding hydrogens is 226 g/mol. The van der Waals surface area contributed by atoms with Crippen molar-refractivity contribution in [3.63, 3.8) is 0 Å². The van der Waals surface area contributed by atoms with E-state index in [0.717, 1.165) is 24.6 Å². The van der Waals surface area contributed by atoms with Gasteiger partial charge in [-0.1, -0.05) is 0 Å². The van der Waals surface area contributed by atoms with Crippen molar-refractivity contribution in [2.24, 2.45) is 0 Å². The molecule has 94 valence electrons.